The van der Waals surface area contributed by atoms with E-state index in [2.05, 4.69) is 10.1 Å². The Labute approximate surface area is 156 Å². The molecule has 0 spiro atoms. The van der Waals surface area contributed by atoms with Gasteiger partial charge in [-0.05, 0) is 36.4 Å². The van der Waals surface area contributed by atoms with Gasteiger partial charge < -0.3 is 24.3 Å². The average Bonchev–Trinajstić information content (AvgIpc) is 2.71. The molecule has 0 aliphatic rings. The number of esters is 1. The van der Waals surface area contributed by atoms with E-state index < -0.39 is 5.97 Å². The Kier molecular flexibility index (Phi) is 7.02. The molecule has 0 aliphatic heterocycles. The Bertz CT molecular complexity index is 842. The maximum absolute atomic E-state index is 12.0. The third-order valence-electron chi connectivity index (χ3n) is 3.37. The minimum absolute atomic E-state index is 0.192. The smallest absolute Gasteiger partial charge is 0.343 e. The summed E-state index contributed by atoms with van der Waals surface area (Å²) in [6, 6.07) is 13.2. The third-order valence-corrected chi connectivity index (χ3v) is 3.37. The van der Waals surface area contributed by atoms with Gasteiger partial charge in [0.1, 0.15) is 5.75 Å². The first-order valence-corrected chi connectivity index (χ1v) is 7.86. The molecule has 27 heavy (non-hydrogen) atoms. The number of methoxy groups -OCH3 is 2. The minimum atomic E-state index is -0.484. The van der Waals surface area contributed by atoms with Crippen LogP contribution in [0, 0.1) is 11.3 Å². The van der Waals surface area contributed by atoms with Crippen LogP contribution in [0.1, 0.15) is 5.56 Å². The fraction of sp³-hybridized carbons (Fsp3) is 0.211. The molecule has 140 valence electrons. The van der Waals surface area contributed by atoms with Crippen LogP contribution in [-0.4, -0.2) is 39.3 Å². The summed E-state index contributed by atoms with van der Waals surface area (Å²) in [5, 5.41) is 11.6. The lowest BCUT2D eigenvalue weighted by molar-refractivity contribution is -0.142. The van der Waals surface area contributed by atoms with E-state index >= 15 is 0 Å². The number of rotatable bonds is 8. The first-order valence-electron chi connectivity index (χ1n) is 7.86. The van der Waals surface area contributed by atoms with Crippen molar-refractivity contribution in [2.45, 2.75) is 0 Å². The predicted molar refractivity (Wildman–Crippen MR) is 95.8 cm³/mol. The van der Waals surface area contributed by atoms with Crippen molar-refractivity contribution in [3.63, 3.8) is 0 Å². The summed E-state index contributed by atoms with van der Waals surface area (Å²) >= 11 is 0. The third kappa shape index (κ3) is 5.93. The molecule has 2 rings (SSSR count). The van der Waals surface area contributed by atoms with Gasteiger partial charge >= 0.3 is 5.97 Å². The normalized spacial score (nSPS) is 9.67. The fourth-order valence-electron chi connectivity index (χ4n) is 2.03. The van der Waals surface area contributed by atoms with Crippen LogP contribution in [0.2, 0.25) is 0 Å². The standard InChI is InChI=1S/C19H18N2O6/c1-24-17-9-13(10-20)3-8-16(17)27-11-18(22)21-14-4-6-15(7-5-14)26-12-19(23)25-2/h3-9H,11-12H2,1-2H3,(H,21,22). The van der Waals surface area contributed by atoms with Crippen LogP contribution in [0.5, 0.6) is 17.2 Å². The molecule has 0 aromatic heterocycles. The maximum atomic E-state index is 12.0. The van der Waals surface area contributed by atoms with Crippen molar-refractivity contribution in [2.75, 3.05) is 32.8 Å². The Morgan fingerprint density at radius 3 is 2.37 bits per heavy atom. The molecular formula is C19H18N2O6. The van der Waals surface area contributed by atoms with Crippen LogP contribution >= 0.6 is 0 Å². The van der Waals surface area contributed by atoms with E-state index in [0.29, 0.717) is 28.5 Å². The molecular weight excluding hydrogens is 352 g/mol. The molecule has 0 bridgehead atoms. The zero-order valence-electron chi connectivity index (χ0n) is 14.9. The number of nitrogens with one attached hydrogen (secondary N) is 1. The molecule has 0 fully saturated rings. The van der Waals surface area contributed by atoms with Crippen molar-refractivity contribution in [2.24, 2.45) is 0 Å². The largest absolute Gasteiger partial charge is 0.493 e. The van der Waals surface area contributed by atoms with Gasteiger partial charge in [0.2, 0.25) is 0 Å². The number of carbonyl (C=O) groups is 2. The average molecular weight is 370 g/mol. The van der Waals surface area contributed by atoms with Gasteiger partial charge in [0.15, 0.2) is 24.7 Å². The summed E-state index contributed by atoms with van der Waals surface area (Å²) in [6.07, 6.45) is 0. The van der Waals surface area contributed by atoms with Crippen LogP contribution in [0.3, 0.4) is 0 Å². The lowest BCUT2D eigenvalue weighted by Crippen LogP contribution is -2.20. The second-order valence-electron chi connectivity index (χ2n) is 5.20. The Morgan fingerprint density at radius 2 is 1.74 bits per heavy atom. The first kappa shape index (κ1) is 19.6. The number of carbonyl (C=O) groups excluding carboxylic acids is 2. The van der Waals surface area contributed by atoms with Gasteiger partial charge in [-0.3, -0.25) is 4.79 Å². The van der Waals surface area contributed by atoms with Crippen LogP contribution in [-0.2, 0) is 14.3 Å². The van der Waals surface area contributed by atoms with E-state index in [1.807, 2.05) is 6.07 Å². The van der Waals surface area contributed by atoms with E-state index in [0.717, 1.165) is 0 Å². The zero-order chi connectivity index (χ0) is 19.6. The molecule has 0 radical (unpaired) electrons. The molecule has 0 saturated heterocycles. The van der Waals surface area contributed by atoms with E-state index in [4.69, 9.17) is 19.5 Å². The second kappa shape index (κ2) is 9.68. The van der Waals surface area contributed by atoms with E-state index in [1.165, 1.54) is 20.3 Å². The molecule has 0 saturated carbocycles. The molecule has 8 nitrogen and oxygen atoms in total. The maximum Gasteiger partial charge on any atom is 0.343 e. The Morgan fingerprint density at radius 1 is 1.00 bits per heavy atom. The number of amides is 1. The Hall–Kier alpha value is -3.73. The van der Waals surface area contributed by atoms with Crippen molar-refractivity contribution in [3.8, 4) is 23.3 Å². The monoisotopic (exact) mass is 370 g/mol. The van der Waals surface area contributed by atoms with Crippen LogP contribution in [0.4, 0.5) is 5.69 Å². The zero-order valence-corrected chi connectivity index (χ0v) is 14.9. The van der Waals surface area contributed by atoms with E-state index in [-0.39, 0.29) is 19.1 Å². The SMILES string of the molecule is COC(=O)COc1ccc(NC(=O)COc2ccc(C#N)cc2OC)cc1. The summed E-state index contributed by atoms with van der Waals surface area (Å²) in [4.78, 5) is 23.1. The lowest BCUT2D eigenvalue weighted by Gasteiger charge is -2.11. The first-order chi connectivity index (χ1) is 13.0. The summed E-state index contributed by atoms with van der Waals surface area (Å²) in [5.74, 6) is 0.344. The van der Waals surface area contributed by atoms with Gasteiger partial charge in [-0.25, -0.2) is 4.79 Å². The number of nitriles is 1. The molecule has 0 unspecified atom stereocenters. The Balaban J connectivity index is 1.87. The number of ether oxygens (including phenoxy) is 4. The quantitative estimate of drug-likeness (QED) is 0.709. The second-order valence-corrected chi connectivity index (χ2v) is 5.20. The van der Waals surface area contributed by atoms with Crippen LogP contribution in [0.25, 0.3) is 0 Å². The highest BCUT2D eigenvalue weighted by Gasteiger charge is 2.09. The van der Waals surface area contributed by atoms with Crippen LogP contribution < -0.4 is 19.5 Å². The molecule has 2 aromatic rings. The van der Waals surface area contributed by atoms with Gasteiger partial charge in [0, 0.05) is 11.8 Å². The van der Waals surface area contributed by atoms with Gasteiger partial charge in [-0.1, -0.05) is 0 Å². The van der Waals surface area contributed by atoms with Crippen molar-refractivity contribution in [1.29, 1.82) is 5.26 Å². The summed E-state index contributed by atoms with van der Waals surface area (Å²) in [5.41, 5.74) is 0.971. The highest BCUT2D eigenvalue weighted by molar-refractivity contribution is 5.91. The van der Waals surface area contributed by atoms with Crippen molar-refractivity contribution in [1.82, 2.24) is 0 Å². The van der Waals surface area contributed by atoms with Crippen molar-refractivity contribution in [3.05, 3.63) is 48.0 Å². The number of hydrogen-bond donors (Lipinski definition) is 1. The highest BCUT2D eigenvalue weighted by Crippen LogP contribution is 2.27. The summed E-state index contributed by atoms with van der Waals surface area (Å²) in [7, 11) is 2.73. The lowest BCUT2D eigenvalue weighted by atomic mass is 10.2. The number of nitrogens with zero attached hydrogens (tertiary/aromatic N) is 1. The van der Waals surface area contributed by atoms with Crippen LogP contribution in [0.15, 0.2) is 42.5 Å². The molecule has 1 N–H and O–H groups in total. The highest BCUT2D eigenvalue weighted by atomic mass is 16.6. The topological polar surface area (TPSA) is 107 Å². The summed E-state index contributed by atoms with van der Waals surface area (Å²) < 4.78 is 20.3. The van der Waals surface area contributed by atoms with Gasteiger partial charge in [0.05, 0.1) is 25.9 Å². The van der Waals surface area contributed by atoms with Crippen molar-refractivity contribution >= 4 is 17.6 Å². The molecule has 1 amide bonds. The van der Waals surface area contributed by atoms with Gasteiger partial charge in [0.25, 0.3) is 5.91 Å². The number of anilines is 1. The molecule has 2 aromatic carbocycles. The molecule has 8 heteroatoms. The fourth-order valence-corrected chi connectivity index (χ4v) is 2.03. The number of benzene rings is 2. The predicted octanol–water partition coefficient (Wildman–Crippen LogP) is 2.14. The van der Waals surface area contributed by atoms with Gasteiger partial charge in [-0.2, -0.15) is 5.26 Å². The van der Waals surface area contributed by atoms with Gasteiger partial charge in [-0.15, -0.1) is 0 Å². The van der Waals surface area contributed by atoms with E-state index in [9.17, 15) is 9.59 Å². The van der Waals surface area contributed by atoms with E-state index in [1.54, 1.807) is 36.4 Å². The van der Waals surface area contributed by atoms with Crippen molar-refractivity contribution < 1.29 is 28.5 Å². The summed E-state index contributed by atoms with van der Waals surface area (Å²) in [6.45, 7) is -0.425. The molecule has 0 atom stereocenters. The molecule has 0 aliphatic carbocycles. The number of hydrogen-bond acceptors (Lipinski definition) is 7. The minimum Gasteiger partial charge on any atom is -0.493 e. The molecule has 0 heterocycles.